The van der Waals surface area contributed by atoms with Gasteiger partial charge < -0.3 is 5.32 Å². The summed E-state index contributed by atoms with van der Waals surface area (Å²) in [7, 11) is -0.441. The normalized spacial score (nSPS) is 11.2. The lowest BCUT2D eigenvalue weighted by Gasteiger charge is -2.06. The monoisotopic (exact) mass is 268 g/mol. The number of aromatic nitrogens is 4. The van der Waals surface area contributed by atoms with Crippen LogP contribution in [0.5, 0.6) is 0 Å². The molecule has 1 aromatic heterocycles. The van der Waals surface area contributed by atoms with E-state index in [1.807, 2.05) is 0 Å². The van der Waals surface area contributed by atoms with Crippen molar-refractivity contribution in [2.75, 3.05) is 17.1 Å². The molecule has 9 heteroatoms. The first kappa shape index (κ1) is 12.3. The lowest BCUT2D eigenvalue weighted by Crippen LogP contribution is -2.14. The summed E-state index contributed by atoms with van der Waals surface area (Å²) in [5, 5.41) is 13.7. The second-order valence-electron chi connectivity index (χ2n) is 3.49. The van der Waals surface area contributed by atoms with Crippen LogP contribution in [0.25, 0.3) is 0 Å². The van der Waals surface area contributed by atoms with Crippen LogP contribution in [-0.2, 0) is 17.1 Å². The second-order valence-corrected chi connectivity index (χ2v) is 5.17. The fourth-order valence-electron chi connectivity index (χ4n) is 1.32. The van der Waals surface area contributed by atoms with E-state index in [4.69, 9.17) is 0 Å². The number of hydrogen-bond acceptors (Lipinski definition) is 6. The molecule has 0 saturated heterocycles. The highest BCUT2D eigenvalue weighted by atomic mass is 32.2. The summed E-state index contributed by atoms with van der Waals surface area (Å²) in [6, 6.07) is 6.41. The Labute approximate surface area is 104 Å². The number of hydrogen-bond donors (Lipinski definition) is 2. The minimum atomic E-state index is -3.70. The zero-order valence-corrected chi connectivity index (χ0v) is 10.6. The van der Waals surface area contributed by atoms with Crippen molar-refractivity contribution < 1.29 is 8.42 Å². The van der Waals surface area contributed by atoms with Crippen molar-refractivity contribution in [3.63, 3.8) is 0 Å². The van der Waals surface area contributed by atoms with Gasteiger partial charge in [0.05, 0.1) is 11.9 Å². The third kappa shape index (κ3) is 2.56. The van der Waals surface area contributed by atoms with Crippen molar-refractivity contribution in [1.29, 1.82) is 0 Å². The van der Waals surface area contributed by atoms with Gasteiger partial charge in [0, 0.05) is 12.7 Å². The maximum absolute atomic E-state index is 12.0. The molecule has 2 aromatic rings. The molecule has 8 nitrogen and oxygen atoms in total. The molecule has 0 fully saturated rings. The summed E-state index contributed by atoms with van der Waals surface area (Å²) in [5.74, 6) is -0.0626. The van der Waals surface area contributed by atoms with E-state index in [9.17, 15) is 8.42 Å². The fourth-order valence-corrected chi connectivity index (χ4v) is 2.30. The van der Waals surface area contributed by atoms with Crippen molar-refractivity contribution in [3.05, 3.63) is 24.3 Å². The van der Waals surface area contributed by atoms with Gasteiger partial charge >= 0.3 is 0 Å². The number of nitrogens with one attached hydrogen (secondary N) is 2. The summed E-state index contributed by atoms with van der Waals surface area (Å²) in [4.78, 5) is 1.30. The van der Waals surface area contributed by atoms with Gasteiger partial charge in [-0.15, -0.1) is 5.10 Å². The van der Waals surface area contributed by atoms with E-state index in [-0.39, 0.29) is 10.8 Å². The molecule has 0 amide bonds. The molecule has 96 valence electrons. The number of sulfonamides is 1. The molecule has 18 heavy (non-hydrogen) atoms. The van der Waals surface area contributed by atoms with Crippen LogP contribution in [0.2, 0.25) is 0 Å². The van der Waals surface area contributed by atoms with Gasteiger partial charge in [-0.25, -0.2) is 13.1 Å². The van der Waals surface area contributed by atoms with Gasteiger partial charge in [-0.2, -0.15) is 4.80 Å². The largest absolute Gasteiger partial charge is 0.388 e. The van der Waals surface area contributed by atoms with Crippen LogP contribution < -0.4 is 10.0 Å². The lowest BCUT2D eigenvalue weighted by molar-refractivity contribution is 0.600. The molecule has 0 atom stereocenters. The third-order valence-electron chi connectivity index (χ3n) is 2.17. The van der Waals surface area contributed by atoms with Gasteiger partial charge in [-0.1, -0.05) is 11.2 Å². The van der Waals surface area contributed by atoms with Gasteiger partial charge in [-0.3, -0.25) is 0 Å². The molecule has 0 saturated carbocycles. The van der Waals surface area contributed by atoms with E-state index in [1.165, 1.54) is 16.9 Å². The van der Waals surface area contributed by atoms with Crippen molar-refractivity contribution >= 4 is 21.7 Å². The first-order valence-electron chi connectivity index (χ1n) is 5.06. The van der Waals surface area contributed by atoms with Crippen LogP contribution >= 0.6 is 0 Å². The molecule has 0 radical (unpaired) electrons. The number of tetrazole rings is 1. The maximum Gasteiger partial charge on any atom is 0.277 e. The minimum Gasteiger partial charge on any atom is -0.388 e. The van der Waals surface area contributed by atoms with Crippen LogP contribution in [0.15, 0.2) is 29.2 Å². The topological polar surface area (TPSA) is 102 Å². The predicted molar refractivity (Wildman–Crippen MR) is 65.6 cm³/mol. The Morgan fingerprint density at radius 2 is 2.11 bits per heavy atom. The average Bonchev–Trinajstić information content (AvgIpc) is 2.74. The Morgan fingerprint density at radius 1 is 1.33 bits per heavy atom. The smallest absolute Gasteiger partial charge is 0.277 e. The van der Waals surface area contributed by atoms with Gasteiger partial charge in [0.2, 0.25) is 0 Å². The first-order valence-corrected chi connectivity index (χ1v) is 6.54. The molecule has 0 unspecified atom stereocenters. The molecular weight excluding hydrogens is 256 g/mol. The zero-order chi connectivity index (χ0) is 13.2. The number of benzene rings is 1. The predicted octanol–water partition coefficient (Wildman–Crippen LogP) is 0.0526. The van der Waals surface area contributed by atoms with E-state index < -0.39 is 10.0 Å². The van der Waals surface area contributed by atoms with Gasteiger partial charge in [-0.05, 0) is 23.4 Å². The summed E-state index contributed by atoms with van der Waals surface area (Å²) in [6.07, 6.45) is 0. The summed E-state index contributed by atoms with van der Waals surface area (Å²) >= 11 is 0. The highest BCUT2D eigenvalue weighted by Crippen LogP contribution is 2.16. The van der Waals surface area contributed by atoms with Crippen molar-refractivity contribution in [3.8, 4) is 0 Å². The number of rotatable bonds is 4. The molecule has 2 N–H and O–H groups in total. The Balaban J connectivity index is 2.30. The molecule has 0 spiro atoms. The lowest BCUT2D eigenvalue weighted by atomic mass is 10.3. The van der Waals surface area contributed by atoms with Crippen LogP contribution in [0, 0.1) is 0 Å². The Hall–Kier alpha value is -2.16. The average molecular weight is 268 g/mol. The van der Waals surface area contributed by atoms with Crippen LogP contribution in [0.4, 0.5) is 11.6 Å². The number of nitrogens with zero attached hydrogens (tertiary/aromatic N) is 4. The van der Waals surface area contributed by atoms with Gasteiger partial charge in [0.25, 0.3) is 16.0 Å². The molecule has 1 heterocycles. The Morgan fingerprint density at radius 3 is 2.72 bits per heavy atom. The zero-order valence-electron chi connectivity index (χ0n) is 9.82. The van der Waals surface area contributed by atoms with Crippen molar-refractivity contribution in [2.45, 2.75) is 4.90 Å². The quantitative estimate of drug-likeness (QED) is 0.812. The third-order valence-corrected chi connectivity index (χ3v) is 3.49. The van der Waals surface area contributed by atoms with Gasteiger partial charge in [0.1, 0.15) is 0 Å². The molecule has 0 aliphatic heterocycles. The van der Waals surface area contributed by atoms with Gasteiger partial charge in [0.15, 0.2) is 0 Å². The van der Waals surface area contributed by atoms with E-state index in [2.05, 4.69) is 25.4 Å². The van der Waals surface area contributed by atoms with E-state index >= 15 is 0 Å². The summed E-state index contributed by atoms with van der Waals surface area (Å²) in [5.41, 5.74) is 0.699. The second kappa shape index (κ2) is 4.61. The Bertz CT molecular complexity index is 651. The van der Waals surface area contributed by atoms with Crippen molar-refractivity contribution in [2.24, 2.45) is 7.05 Å². The highest BCUT2D eigenvalue weighted by molar-refractivity contribution is 7.92. The number of aryl methyl sites for hydroxylation is 1. The minimum absolute atomic E-state index is 0.0626. The number of anilines is 2. The molecule has 0 bridgehead atoms. The Kier molecular flexibility index (Phi) is 3.15. The molecule has 0 aliphatic carbocycles. The molecular formula is C9H12N6O2S. The van der Waals surface area contributed by atoms with E-state index in [0.29, 0.717) is 5.69 Å². The molecule has 1 aromatic carbocycles. The fraction of sp³-hybridized carbons (Fsp3) is 0.222. The molecule has 2 rings (SSSR count). The standard InChI is InChI=1S/C9H12N6O2S/c1-10-7-4-3-5-8(6-7)18(16,17)13-9-11-14-15(2)12-9/h3-6,10H,1-2H3,(H,12,13). The SMILES string of the molecule is CNc1cccc(S(=O)(=O)Nc2nnn(C)n2)c1. The summed E-state index contributed by atoms with van der Waals surface area (Å²) in [6.45, 7) is 0. The first-order chi connectivity index (χ1) is 8.51. The summed E-state index contributed by atoms with van der Waals surface area (Å²) < 4.78 is 26.3. The molecule has 0 aliphatic rings. The van der Waals surface area contributed by atoms with Crippen LogP contribution in [0.1, 0.15) is 0 Å². The van der Waals surface area contributed by atoms with Crippen LogP contribution in [-0.4, -0.2) is 35.7 Å². The van der Waals surface area contributed by atoms with E-state index in [1.54, 1.807) is 26.2 Å². The van der Waals surface area contributed by atoms with E-state index in [0.717, 1.165) is 0 Å². The maximum atomic E-state index is 12.0. The van der Waals surface area contributed by atoms with Crippen LogP contribution in [0.3, 0.4) is 0 Å². The highest BCUT2D eigenvalue weighted by Gasteiger charge is 2.16. The van der Waals surface area contributed by atoms with Crippen molar-refractivity contribution in [1.82, 2.24) is 20.2 Å².